The van der Waals surface area contributed by atoms with Crippen LogP contribution < -0.4 is 5.32 Å². The molecule has 0 aromatic rings. The third-order valence-corrected chi connectivity index (χ3v) is 5.66. The lowest BCUT2D eigenvalue weighted by Crippen LogP contribution is -2.46. The van der Waals surface area contributed by atoms with Crippen LogP contribution in [0.2, 0.25) is 0 Å². The van der Waals surface area contributed by atoms with Crippen molar-refractivity contribution in [2.75, 3.05) is 33.2 Å². The first-order chi connectivity index (χ1) is 9.34. The van der Waals surface area contributed by atoms with Gasteiger partial charge in [0, 0.05) is 24.7 Å². The Hall–Kier alpha value is -0.120. The number of nitrogens with one attached hydrogen (secondary N) is 1. The molecule has 3 heterocycles. The number of hydrogen-bond donors (Lipinski definition) is 1. The van der Waals surface area contributed by atoms with Gasteiger partial charge in [-0.05, 0) is 65.2 Å². The number of rotatable bonds is 4. The van der Waals surface area contributed by atoms with E-state index in [4.69, 9.17) is 0 Å². The molecule has 3 nitrogen and oxygen atoms in total. The summed E-state index contributed by atoms with van der Waals surface area (Å²) in [7, 11) is 2.31. The summed E-state index contributed by atoms with van der Waals surface area (Å²) in [5, 5.41) is 3.88. The topological polar surface area (TPSA) is 18.5 Å². The van der Waals surface area contributed by atoms with Crippen molar-refractivity contribution < 1.29 is 0 Å². The highest BCUT2D eigenvalue weighted by molar-refractivity contribution is 4.94. The van der Waals surface area contributed by atoms with Gasteiger partial charge < -0.3 is 10.2 Å². The predicted octanol–water partition coefficient (Wildman–Crippen LogP) is 2.08. The van der Waals surface area contributed by atoms with Crippen molar-refractivity contribution in [3.05, 3.63) is 0 Å². The van der Waals surface area contributed by atoms with E-state index in [1.165, 1.54) is 77.5 Å². The van der Waals surface area contributed by atoms with Gasteiger partial charge in [0.15, 0.2) is 0 Å². The maximum atomic E-state index is 3.88. The van der Waals surface area contributed by atoms with Gasteiger partial charge in [-0.15, -0.1) is 0 Å². The number of nitrogens with zero attached hydrogens (tertiary/aromatic N) is 2. The van der Waals surface area contributed by atoms with Crippen molar-refractivity contribution >= 4 is 0 Å². The fourth-order valence-electron chi connectivity index (χ4n) is 4.43. The van der Waals surface area contributed by atoms with Crippen molar-refractivity contribution in [3.8, 4) is 0 Å². The van der Waals surface area contributed by atoms with Gasteiger partial charge in [-0.25, -0.2) is 0 Å². The zero-order chi connectivity index (χ0) is 13.1. The van der Waals surface area contributed by atoms with Gasteiger partial charge in [-0.1, -0.05) is 12.8 Å². The molecule has 0 radical (unpaired) electrons. The highest BCUT2D eigenvalue weighted by Gasteiger charge is 2.35. The van der Waals surface area contributed by atoms with E-state index in [9.17, 15) is 0 Å². The third kappa shape index (κ3) is 3.32. The van der Waals surface area contributed by atoms with Crippen LogP contribution in [0.1, 0.15) is 51.4 Å². The Balaban J connectivity index is 1.40. The van der Waals surface area contributed by atoms with Crippen LogP contribution in [0.3, 0.4) is 0 Å². The summed E-state index contributed by atoms with van der Waals surface area (Å²) in [5.74, 6) is 0. The monoisotopic (exact) mass is 265 g/mol. The van der Waals surface area contributed by atoms with Crippen LogP contribution in [0.4, 0.5) is 0 Å². The van der Waals surface area contributed by atoms with Crippen molar-refractivity contribution in [1.82, 2.24) is 15.1 Å². The number of likely N-dealkylation sites (tertiary alicyclic amines) is 1. The predicted molar refractivity (Wildman–Crippen MR) is 80.5 cm³/mol. The van der Waals surface area contributed by atoms with E-state index < -0.39 is 0 Å². The Morgan fingerprint density at radius 3 is 2.68 bits per heavy atom. The first-order valence-electron chi connectivity index (χ1n) is 8.52. The summed E-state index contributed by atoms with van der Waals surface area (Å²) >= 11 is 0. The van der Waals surface area contributed by atoms with Gasteiger partial charge in [0.05, 0.1) is 0 Å². The van der Waals surface area contributed by atoms with Crippen LogP contribution in [0.25, 0.3) is 0 Å². The van der Waals surface area contributed by atoms with Gasteiger partial charge in [0.1, 0.15) is 0 Å². The lowest BCUT2D eigenvalue weighted by Gasteiger charge is -2.34. The average molecular weight is 265 g/mol. The molecule has 3 fully saturated rings. The van der Waals surface area contributed by atoms with E-state index in [0.717, 1.165) is 18.1 Å². The molecule has 0 bridgehead atoms. The summed E-state index contributed by atoms with van der Waals surface area (Å²) in [6.07, 6.45) is 11.3. The Morgan fingerprint density at radius 2 is 1.79 bits per heavy atom. The van der Waals surface area contributed by atoms with Gasteiger partial charge in [-0.2, -0.15) is 0 Å². The molecule has 0 aromatic carbocycles. The second-order valence-electron chi connectivity index (χ2n) is 6.87. The SMILES string of the molecule is CN1CCCCC1CCNC1CCN2CCCCC12. The molecule has 3 atom stereocenters. The fourth-order valence-corrected chi connectivity index (χ4v) is 4.43. The van der Waals surface area contributed by atoms with Gasteiger partial charge in [-0.3, -0.25) is 4.90 Å². The molecular weight excluding hydrogens is 234 g/mol. The van der Waals surface area contributed by atoms with E-state index in [-0.39, 0.29) is 0 Å². The molecular formula is C16H31N3. The molecule has 0 aromatic heterocycles. The summed E-state index contributed by atoms with van der Waals surface area (Å²) in [4.78, 5) is 5.31. The summed E-state index contributed by atoms with van der Waals surface area (Å²) in [6, 6.07) is 2.48. The smallest absolute Gasteiger partial charge is 0.0249 e. The zero-order valence-corrected chi connectivity index (χ0v) is 12.6. The molecule has 0 aliphatic carbocycles. The lowest BCUT2D eigenvalue weighted by atomic mass is 9.97. The minimum Gasteiger partial charge on any atom is -0.312 e. The molecule has 19 heavy (non-hydrogen) atoms. The molecule has 0 amide bonds. The first-order valence-corrected chi connectivity index (χ1v) is 8.52. The van der Waals surface area contributed by atoms with Crippen LogP contribution >= 0.6 is 0 Å². The molecule has 3 aliphatic heterocycles. The van der Waals surface area contributed by atoms with Gasteiger partial charge in [0.2, 0.25) is 0 Å². The lowest BCUT2D eigenvalue weighted by molar-refractivity contribution is 0.164. The van der Waals surface area contributed by atoms with Gasteiger partial charge >= 0.3 is 0 Å². The third-order valence-electron chi connectivity index (χ3n) is 5.66. The molecule has 110 valence electrons. The van der Waals surface area contributed by atoms with Crippen molar-refractivity contribution in [1.29, 1.82) is 0 Å². The Labute approximate surface area is 118 Å². The molecule has 3 unspecified atom stereocenters. The Bertz CT molecular complexity index is 281. The minimum atomic E-state index is 0.786. The molecule has 1 N–H and O–H groups in total. The van der Waals surface area contributed by atoms with Crippen LogP contribution in [-0.2, 0) is 0 Å². The molecule has 3 heteroatoms. The van der Waals surface area contributed by atoms with E-state index in [2.05, 4.69) is 22.2 Å². The zero-order valence-electron chi connectivity index (χ0n) is 12.6. The average Bonchev–Trinajstić information content (AvgIpc) is 2.85. The molecule has 0 spiro atoms. The maximum Gasteiger partial charge on any atom is 0.0249 e. The van der Waals surface area contributed by atoms with Crippen molar-refractivity contribution in [3.63, 3.8) is 0 Å². The highest BCUT2D eigenvalue weighted by Crippen LogP contribution is 2.27. The summed E-state index contributed by atoms with van der Waals surface area (Å²) < 4.78 is 0. The van der Waals surface area contributed by atoms with Gasteiger partial charge in [0.25, 0.3) is 0 Å². The van der Waals surface area contributed by atoms with E-state index in [0.29, 0.717) is 0 Å². The molecule has 0 saturated carbocycles. The normalized spacial score (nSPS) is 37.4. The standard InChI is InChI=1S/C16H31N3/c1-18-11-4-2-6-14(18)8-10-17-15-9-13-19-12-5-3-7-16(15)19/h14-17H,2-13H2,1H3. The fraction of sp³-hybridized carbons (Fsp3) is 1.00. The number of hydrogen-bond acceptors (Lipinski definition) is 3. The summed E-state index contributed by atoms with van der Waals surface area (Å²) in [6.45, 7) is 5.23. The largest absolute Gasteiger partial charge is 0.312 e. The maximum absolute atomic E-state index is 3.88. The van der Waals surface area contributed by atoms with Crippen LogP contribution in [0.15, 0.2) is 0 Å². The van der Waals surface area contributed by atoms with E-state index in [1.807, 2.05) is 0 Å². The van der Waals surface area contributed by atoms with E-state index >= 15 is 0 Å². The van der Waals surface area contributed by atoms with Crippen LogP contribution in [0, 0.1) is 0 Å². The molecule has 3 rings (SSSR count). The molecule has 3 aliphatic rings. The first kappa shape index (κ1) is 13.8. The second-order valence-corrected chi connectivity index (χ2v) is 6.87. The second kappa shape index (κ2) is 6.55. The minimum absolute atomic E-state index is 0.786. The highest BCUT2D eigenvalue weighted by atomic mass is 15.2. The molecule has 3 saturated heterocycles. The quantitative estimate of drug-likeness (QED) is 0.839. The van der Waals surface area contributed by atoms with Crippen molar-refractivity contribution in [2.24, 2.45) is 0 Å². The van der Waals surface area contributed by atoms with Crippen LogP contribution in [0.5, 0.6) is 0 Å². The number of fused-ring (bicyclic) bond motifs is 1. The van der Waals surface area contributed by atoms with Crippen LogP contribution in [-0.4, -0.2) is 61.2 Å². The summed E-state index contributed by atoms with van der Waals surface area (Å²) in [5.41, 5.74) is 0. The van der Waals surface area contributed by atoms with Crippen molar-refractivity contribution in [2.45, 2.75) is 69.5 Å². The Kier molecular flexibility index (Phi) is 4.78. The van der Waals surface area contributed by atoms with E-state index in [1.54, 1.807) is 0 Å². The Morgan fingerprint density at radius 1 is 0.947 bits per heavy atom. The number of piperidine rings is 2.